The SMILES string of the molecule is N#Cc1ccc(C(=O)N2CCN(c3ccc(Br)cc3)CC2)cc1. The van der Waals surface area contributed by atoms with Gasteiger partial charge in [-0.3, -0.25) is 4.79 Å². The molecule has 1 amide bonds. The maximum absolute atomic E-state index is 12.5. The number of amides is 1. The van der Waals surface area contributed by atoms with E-state index in [2.05, 4.69) is 39.0 Å². The molecule has 2 aromatic rings. The molecule has 0 N–H and O–H groups in total. The summed E-state index contributed by atoms with van der Waals surface area (Å²) in [4.78, 5) is 16.7. The van der Waals surface area contributed by atoms with E-state index in [0.717, 1.165) is 17.6 Å². The van der Waals surface area contributed by atoms with Gasteiger partial charge in [0.1, 0.15) is 0 Å². The standard InChI is InChI=1S/C18H16BrN3O/c19-16-5-7-17(8-6-16)21-9-11-22(12-10-21)18(23)15-3-1-14(13-20)2-4-15/h1-8H,9-12H2. The van der Waals surface area contributed by atoms with Gasteiger partial charge < -0.3 is 9.80 Å². The molecule has 0 aromatic heterocycles. The highest BCUT2D eigenvalue weighted by molar-refractivity contribution is 9.10. The molecule has 2 aromatic carbocycles. The number of anilines is 1. The van der Waals surface area contributed by atoms with E-state index in [0.29, 0.717) is 24.2 Å². The van der Waals surface area contributed by atoms with E-state index in [4.69, 9.17) is 5.26 Å². The van der Waals surface area contributed by atoms with Crippen LogP contribution in [0.2, 0.25) is 0 Å². The van der Waals surface area contributed by atoms with Gasteiger partial charge in [-0.2, -0.15) is 5.26 Å². The van der Waals surface area contributed by atoms with E-state index in [1.165, 1.54) is 5.69 Å². The van der Waals surface area contributed by atoms with Crippen LogP contribution in [0, 0.1) is 11.3 Å². The first-order valence-corrected chi connectivity index (χ1v) is 8.26. The van der Waals surface area contributed by atoms with Crippen molar-refractivity contribution in [2.45, 2.75) is 0 Å². The molecule has 0 radical (unpaired) electrons. The lowest BCUT2D eigenvalue weighted by atomic mass is 10.1. The van der Waals surface area contributed by atoms with Crippen LogP contribution in [0.3, 0.4) is 0 Å². The largest absolute Gasteiger partial charge is 0.368 e. The zero-order valence-corrected chi connectivity index (χ0v) is 14.2. The Morgan fingerprint density at radius 1 is 0.957 bits per heavy atom. The molecule has 0 saturated carbocycles. The summed E-state index contributed by atoms with van der Waals surface area (Å²) < 4.78 is 1.07. The van der Waals surface area contributed by atoms with Gasteiger partial charge in [0.2, 0.25) is 0 Å². The maximum atomic E-state index is 12.5. The molecule has 0 atom stereocenters. The van der Waals surface area contributed by atoms with Gasteiger partial charge in [-0.25, -0.2) is 0 Å². The van der Waals surface area contributed by atoms with Crippen LogP contribution in [0.1, 0.15) is 15.9 Å². The van der Waals surface area contributed by atoms with Crippen LogP contribution < -0.4 is 4.90 Å². The summed E-state index contributed by atoms with van der Waals surface area (Å²) in [6.45, 7) is 3.05. The van der Waals surface area contributed by atoms with Gasteiger partial charge in [0.05, 0.1) is 11.6 Å². The Balaban J connectivity index is 1.62. The predicted octanol–water partition coefficient (Wildman–Crippen LogP) is 3.28. The number of hydrogen-bond acceptors (Lipinski definition) is 3. The first-order chi connectivity index (χ1) is 11.2. The van der Waals surface area contributed by atoms with Crippen LogP contribution in [0.4, 0.5) is 5.69 Å². The number of piperazine rings is 1. The van der Waals surface area contributed by atoms with Gasteiger partial charge in [-0.15, -0.1) is 0 Å². The summed E-state index contributed by atoms with van der Waals surface area (Å²) in [6.07, 6.45) is 0. The molecule has 116 valence electrons. The molecule has 1 fully saturated rings. The van der Waals surface area contributed by atoms with Crippen molar-refractivity contribution in [2.24, 2.45) is 0 Å². The summed E-state index contributed by atoms with van der Waals surface area (Å²) >= 11 is 3.44. The van der Waals surface area contributed by atoms with Crippen LogP contribution >= 0.6 is 15.9 Å². The zero-order chi connectivity index (χ0) is 16.2. The van der Waals surface area contributed by atoms with Crippen LogP contribution in [-0.4, -0.2) is 37.0 Å². The van der Waals surface area contributed by atoms with Crippen molar-refractivity contribution in [1.29, 1.82) is 5.26 Å². The Morgan fingerprint density at radius 3 is 2.13 bits per heavy atom. The van der Waals surface area contributed by atoms with Gasteiger partial charge >= 0.3 is 0 Å². The lowest BCUT2D eigenvalue weighted by Gasteiger charge is -2.36. The van der Waals surface area contributed by atoms with Gasteiger partial charge in [0.15, 0.2) is 0 Å². The molecule has 4 nitrogen and oxygen atoms in total. The Kier molecular flexibility index (Phi) is 4.63. The number of rotatable bonds is 2. The molecule has 1 aliphatic rings. The van der Waals surface area contributed by atoms with E-state index in [-0.39, 0.29) is 5.91 Å². The summed E-state index contributed by atoms with van der Waals surface area (Å²) in [7, 11) is 0. The second kappa shape index (κ2) is 6.84. The molecule has 0 aliphatic carbocycles. The Labute approximate surface area is 144 Å². The van der Waals surface area contributed by atoms with E-state index in [1.807, 2.05) is 17.0 Å². The van der Waals surface area contributed by atoms with Crippen molar-refractivity contribution in [3.05, 3.63) is 64.1 Å². The Morgan fingerprint density at radius 2 is 1.57 bits per heavy atom. The van der Waals surface area contributed by atoms with Crippen molar-refractivity contribution in [1.82, 2.24) is 4.90 Å². The van der Waals surface area contributed by atoms with E-state index >= 15 is 0 Å². The van der Waals surface area contributed by atoms with E-state index < -0.39 is 0 Å². The first kappa shape index (κ1) is 15.6. The highest BCUT2D eigenvalue weighted by Gasteiger charge is 2.22. The molecular formula is C18H16BrN3O. The predicted molar refractivity (Wildman–Crippen MR) is 93.4 cm³/mol. The Bertz CT molecular complexity index is 726. The first-order valence-electron chi connectivity index (χ1n) is 7.47. The highest BCUT2D eigenvalue weighted by Crippen LogP contribution is 2.20. The van der Waals surface area contributed by atoms with Crippen LogP contribution in [0.25, 0.3) is 0 Å². The molecule has 23 heavy (non-hydrogen) atoms. The fourth-order valence-corrected chi connectivity index (χ4v) is 2.95. The molecule has 0 bridgehead atoms. The smallest absolute Gasteiger partial charge is 0.253 e. The van der Waals surface area contributed by atoms with Crippen molar-refractivity contribution in [3.8, 4) is 6.07 Å². The van der Waals surface area contributed by atoms with Gasteiger partial charge in [0.25, 0.3) is 5.91 Å². The Hall–Kier alpha value is -2.32. The quantitative estimate of drug-likeness (QED) is 0.815. The monoisotopic (exact) mass is 369 g/mol. The molecule has 3 rings (SSSR count). The third-order valence-electron chi connectivity index (χ3n) is 4.02. The van der Waals surface area contributed by atoms with Gasteiger partial charge in [-0.1, -0.05) is 15.9 Å². The summed E-state index contributed by atoms with van der Waals surface area (Å²) in [5.74, 6) is 0.0324. The number of carbonyl (C=O) groups is 1. The minimum Gasteiger partial charge on any atom is -0.368 e. The fourth-order valence-electron chi connectivity index (χ4n) is 2.69. The average molecular weight is 370 g/mol. The molecule has 1 aliphatic heterocycles. The zero-order valence-electron chi connectivity index (χ0n) is 12.6. The van der Waals surface area contributed by atoms with Gasteiger partial charge in [-0.05, 0) is 48.5 Å². The number of halogens is 1. The second-order valence-electron chi connectivity index (χ2n) is 5.44. The minimum atomic E-state index is 0.0324. The number of carbonyl (C=O) groups excluding carboxylic acids is 1. The van der Waals surface area contributed by atoms with Crippen molar-refractivity contribution in [3.63, 3.8) is 0 Å². The minimum absolute atomic E-state index is 0.0324. The topological polar surface area (TPSA) is 47.3 Å². The molecule has 1 saturated heterocycles. The average Bonchev–Trinajstić information content (AvgIpc) is 2.62. The van der Waals surface area contributed by atoms with E-state index in [1.54, 1.807) is 24.3 Å². The normalized spacial score (nSPS) is 14.4. The maximum Gasteiger partial charge on any atom is 0.253 e. The number of nitriles is 1. The van der Waals surface area contributed by atoms with Crippen molar-refractivity contribution < 1.29 is 4.79 Å². The lowest BCUT2D eigenvalue weighted by molar-refractivity contribution is 0.0747. The van der Waals surface area contributed by atoms with E-state index in [9.17, 15) is 4.79 Å². The van der Waals surface area contributed by atoms with Crippen molar-refractivity contribution >= 4 is 27.5 Å². The molecule has 0 unspecified atom stereocenters. The van der Waals surface area contributed by atoms with Crippen molar-refractivity contribution in [2.75, 3.05) is 31.1 Å². The number of benzene rings is 2. The molecular weight excluding hydrogens is 354 g/mol. The highest BCUT2D eigenvalue weighted by atomic mass is 79.9. The third kappa shape index (κ3) is 3.54. The lowest BCUT2D eigenvalue weighted by Crippen LogP contribution is -2.48. The fraction of sp³-hybridized carbons (Fsp3) is 0.222. The number of nitrogens with zero attached hydrogens (tertiary/aromatic N) is 3. The third-order valence-corrected chi connectivity index (χ3v) is 4.55. The van der Waals surface area contributed by atoms with Crippen LogP contribution in [0.15, 0.2) is 53.0 Å². The molecule has 0 spiro atoms. The number of hydrogen-bond donors (Lipinski definition) is 0. The second-order valence-corrected chi connectivity index (χ2v) is 6.36. The molecule has 5 heteroatoms. The summed E-state index contributed by atoms with van der Waals surface area (Å²) in [6, 6.07) is 17.1. The van der Waals surface area contributed by atoms with Gasteiger partial charge in [0, 0.05) is 41.9 Å². The summed E-state index contributed by atoms with van der Waals surface area (Å²) in [5, 5.41) is 8.82. The molecule has 1 heterocycles. The van der Waals surface area contributed by atoms with Crippen LogP contribution in [-0.2, 0) is 0 Å². The van der Waals surface area contributed by atoms with Crippen LogP contribution in [0.5, 0.6) is 0 Å². The summed E-state index contributed by atoms with van der Waals surface area (Å²) in [5.41, 5.74) is 2.39.